The third-order valence-corrected chi connectivity index (χ3v) is 2.74. The van der Waals surface area contributed by atoms with Gasteiger partial charge in [-0.25, -0.2) is 0 Å². The predicted molar refractivity (Wildman–Crippen MR) is 77.0 cm³/mol. The van der Waals surface area contributed by atoms with Gasteiger partial charge in [0.05, 0.1) is 10.6 Å². The minimum Gasteiger partial charge on any atom is -0.507 e. The Hall–Kier alpha value is -2.89. The van der Waals surface area contributed by atoms with E-state index in [-0.39, 0.29) is 11.4 Å². The van der Waals surface area contributed by atoms with Crippen molar-refractivity contribution in [2.24, 2.45) is 5.10 Å². The van der Waals surface area contributed by atoms with Crippen LogP contribution in [0.2, 0.25) is 0 Å². The SMILES string of the molecule is C/C(=N/Nc1ccccc1[N+](=O)[O-])c1ccccc1O. The molecule has 2 aromatic rings. The fourth-order valence-electron chi connectivity index (χ4n) is 1.71. The maximum absolute atomic E-state index is 10.9. The van der Waals surface area contributed by atoms with Crippen molar-refractivity contribution in [3.8, 4) is 5.75 Å². The second-order valence-corrected chi connectivity index (χ2v) is 4.10. The summed E-state index contributed by atoms with van der Waals surface area (Å²) in [6.45, 7) is 1.71. The van der Waals surface area contributed by atoms with E-state index in [9.17, 15) is 15.2 Å². The van der Waals surface area contributed by atoms with Crippen LogP contribution in [0.3, 0.4) is 0 Å². The molecule has 0 fully saturated rings. The normalized spacial score (nSPS) is 11.2. The van der Waals surface area contributed by atoms with Crippen LogP contribution in [0.15, 0.2) is 53.6 Å². The molecule has 0 aliphatic rings. The summed E-state index contributed by atoms with van der Waals surface area (Å²) in [5.41, 5.74) is 4.00. The minimum atomic E-state index is -0.479. The van der Waals surface area contributed by atoms with Crippen LogP contribution in [-0.2, 0) is 0 Å². The van der Waals surface area contributed by atoms with Gasteiger partial charge >= 0.3 is 0 Å². The lowest BCUT2D eigenvalue weighted by molar-refractivity contribution is -0.384. The number of phenols is 1. The Balaban J connectivity index is 2.26. The van der Waals surface area contributed by atoms with E-state index < -0.39 is 4.92 Å². The van der Waals surface area contributed by atoms with Crippen molar-refractivity contribution in [3.63, 3.8) is 0 Å². The predicted octanol–water partition coefficient (Wildman–Crippen LogP) is 3.14. The molecule has 20 heavy (non-hydrogen) atoms. The smallest absolute Gasteiger partial charge is 0.294 e. The van der Waals surface area contributed by atoms with Crippen LogP contribution >= 0.6 is 0 Å². The zero-order valence-electron chi connectivity index (χ0n) is 10.8. The largest absolute Gasteiger partial charge is 0.507 e. The van der Waals surface area contributed by atoms with E-state index in [0.717, 1.165) is 0 Å². The van der Waals surface area contributed by atoms with Crippen molar-refractivity contribution >= 4 is 17.1 Å². The van der Waals surface area contributed by atoms with Crippen LogP contribution in [-0.4, -0.2) is 15.7 Å². The van der Waals surface area contributed by atoms with Gasteiger partial charge in [-0.1, -0.05) is 24.3 Å². The van der Waals surface area contributed by atoms with E-state index in [1.165, 1.54) is 6.07 Å². The Labute approximate surface area is 115 Å². The van der Waals surface area contributed by atoms with Crippen molar-refractivity contribution in [2.75, 3.05) is 5.43 Å². The zero-order chi connectivity index (χ0) is 14.5. The lowest BCUT2D eigenvalue weighted by Gasteiger charge is -2.05. The average molecular weight is 271 g/mol. The highest BCUT2D eigenvalue weighted by atomic mass is 16.6. The molecule has 0 amide bonds. The van der Waals surface area contributed by atoms with Gasteiger partial charge in [0.2, 0.25) is 0 Å². The maximum atomic E-state index is 10.9. The van der Waals surface area contributed by atoms with E-state index in [2.05, 4.69) is 10.5 Å². The van der Waals surface area contributed by atoms with E-state index >= 15 is 0 Å². The zero-order valence-corrected chi connectivity index (χ0v) is 10.8. The molecule has 2 N–H and O–H groups in total. The third-order valence-electron chi connectivity index (χ3n) is 2.74. The molecule has 102 valence electrons. The van der Waals surface area contributed by atoms with Crippen molar-refractivity contribution in [2.45, 2.75) is 6.92 Å². The number of hydrazone groups is 1. The first-order valence-electron chi connectivity index (χ1n) is 5.91. The molecule has 0 saturated heterocycles. The molecule has 2 aromatic carbocycles. The highest BCUT2D eigenvalue weighted by molar-refractivity contribution is 6.01. The van der Waals surface area contributed by atoms with Crippen LogP contribution in [0.5, 0.6) is 5.75 Å². The van der Waals surface area contributed by atoms with Crippen LogP contribution < -0.4 is 5.43 Å². The van der Waals surface area contributed by atoms with Crippen LogP contribution in [0, 0.1) is 10.1 Å². The minimum absolute atomic E-state index is 0.0543. The molecule has 0 bridgehead atoms. The van der Waals surface area contributed by atoms with Crippen LogP contribution in [0.4, 0.5) is 11.4 Å². The van der Waals surface area contributed by atoms with Crippen molar-refractivity contribution < 1.29 is 10.0 Å². The molecule has 0 aromatic heterocycles. The van der Waals surface area contributed by atoms with Gasteiger partial charge in [-0.05, 0) is 25.1 Å². The number of nitrogens with zero attached hydrogens (tertiary/aromatic N) is 2. The number of hydrogen-bond donors (Lipinski definition) is 2. The Kier molecular flexibility index (Phi) is 3.95. The number of anilines is 1. The second kappa shape index (κ2) is 5.83. The number of aromatic hydroxyl groups is 1. The van der Waals surface area contributed by atoms with Crippen LogP contribution in [0.25, 0.3) is 0 Å². The fourth-order valence-corrected chi connectivity index (χ4v) is 1.71. The fraction of sp³-hybridized carbons (Fsp3) is 0.0714. The van der Waals surface area contributed by atoms with Crippen molar-refractivity contribution in [1.82, 2.24) is 0 Å². The lowest BCUT2D eigenvalue weighted by Crippen LogP contribution is -2.01. The lowest BCUT2D eigenvalue weighted by atomic mass is 10.1. The quantitative estimate of drug-likeness (QED) is 0.508. The van der Waals surface area contributed by atoms with Gasteiger partial charge in [0.15, 0.2) is 0 Å². The average Bonchev–Trinajstić information content (AvgIpc) is 2.45. The summed E-state index contributed by atoms with van der Waals surface area (Å²) in [5, 5.41) is 24.6. The van der Waals surface area contributed by atoms with Gasteiger partial charge in [0, 0.05) is 11.6 Å². The third kappa shape index (κ3) is 2.92. The van der Waals surface area contributed by atoms with Gasteiger partial charge in [-0.2, -0.15) is 5.10 Å². The van der Waals surface area contributed by atoms with Gasteiger partial charge in [0.25, 0.3) is 5.69 Å². The van der Waals surface area contributed by atoms with Gasteiger partial charge in [0.1, 0.15) is 11.4 Å². The van der Waals surface area contributed by atoms with Gasteiger partial charge in [-0.3, -0.25) is 15.5 Å². The number of rotatable bonds is 4. The molecular formula is C14H13N3O3. The number of nitro benzene ring substituents is 1. The molecular weight excluding hydrogens is 258 g/mol. The Bertz CT molecular complexity index is 668. The summed E-state index contributed by atoms with van der Waals surface area (Å²) in [4.78, 5) is 10.4. The molecule has 2 rings (SSSR count). The first-order valence-corrected chi connectivity index (χ1v) is 5.91. The number of phenolic OH excluding ortho intramolecular Hbond substituents is 1. The monoisotopic (exact) mass is 271 g/mol. The van der Waals surface area contributed by atoms with Gasteiger partial charge in [-0.15, -0.1) is 0 Å². The highest BCUT2D eigenvalue weighted by Gasteiger charge is 2.11. The first kappa shape index (κ1) is 13.5. The molecule has 6 heteroatoms. The molecule has 6 nitrogen and oxygen atoms in total. The Morgan fingerprint density at radius 2 is 1.85 bits per heavy atom. The van der Waals surface area contributed by atoms with E-state index in [1.54, 1.807) is 49.4 Å². The number of benzene rings is 2. The molecule has 0 unspecified atom stereocenters. The molecule has 0 aliphatic carbocycles. The second-order valence-electron chi connectivity index (χ2n) is 4.10. The van der Waals surface area contributed by atoms with E-state index in [1.807, 2.05) is 0 Å². The van der Waals surface area contributed by atoms with E-state index in [4.69, 9.17) is 0 Å². The Morgan fingerprint density at radius 1 is 1.20 bits per heavy atom. The van der Waals surface area contributed by atoms with Gasteiger partial charge < -0.3 is 5.11 Å². The molecule has 0 radical (unpaired) electrons. The number of para-hydroxylation sites is 3. The topological polar surface area (TPSA) is 87.8 Å². The number of nitrogens with one attached hydrogen (secondary N) is 1. The summed E-state index contributed by atoms with van der Waals surface area (Å²) in [7, 11) is 0. The molecule has 0 atom stereocenters. The molecule has 0 heterocycles. The summed E-state index contributed by atoms with van der Waals surface area (Å²) < 4.78 is 0. The number of hydrogen-bond acceptors (Lipinski definition) is 5. The first-order chi connectivity index (χ1) is 9.59. The van der Waals surface area contributed by atoms with Crippen molar-refractivity contribution in [3.05, 3.63) is 64.2 Å². The van der Waals surface area contributed by atoms with E-state index in [0.29, 0.717) is 17.0 Å². The standard InChI is InChI=1S/C14H13N3O3/c1-10(11-6-2-5-9-14(11)18)15-16-12-7-3-4-8-13(12)17(19)20/h2-9,16,18H,1H3/b15-10-. The Morgan fingerprint density at radius 3 is 2.55 bits per heavy atom. The number of nitro groups is 1. The summed E-state index contributed by atoms with van der Waals surface area (Å²) in [6, 6.07) is 13.0. The van der Waals surface area contributed by atoms with Crippen molar-refractivity contribution in [1.29, 1.82) is 0 Å². The highest BCUT2D eigenvalue weighted by Crippen LogP contribution is 2.23. The summed E-state index contributed by atoms with van der Waals surface area (Å²) in [5.74, 6) is 0.109. The summed E-state index contributed by atoms with van der Waals surface area (Å²) >= 11 is 0. The molecule has 0 saturated carbocycles. The maximum Gasteiger partial charge on any atom is 0.294 e. The molecule has 0 spiro atoms. The molecule has 0 aliphatic heterocycles. The summed E-state index contributed by atoms with van der Waals surface area (Å²) in [6.07, 6.45) is 0. The van der Waals surface area contributed by atoms with Crippen LogP contribution in [0.1, 0.15) is 12.5 Å².